The number of halogens is 1. The highest BCUT2D eigenvalue weighted by Gasteiger charge is 2.41. The zero-order chi connectivity index (χ0) is 17.2. The standard InChI is InChI=1S/C19H29N3O2.HI/c1-19(2,13-6-5-7-14(10-13)23-4)12-21-18(20-3)22-16-11-15-8-9-17(16)24-15;/h5-7,10,15-17H,8-9,11-12H2,1-4H3,(H2,20,21,22);1H. The molecule has 3 atom stereocenters. The minimum atomic E-state index is -0.0304. The van der Waals surface area contributed by atoms with E-state index in [1.54, 1.807) is 7.11 Å². The molecule has 6 heteroatoms. The van der Waals surface area contributed by atoms with Crippen molar-refractivity contribution in [3.8, 4) is 5.75 Å². The molecule has 2 bridgehead atoms. The van der Waals surface area contributed by atoms with Gasteiger partial charge in [-0.05, 0) is 37.0 Å². The van der Waals surface area contributed by atoms with Crippen molar-refractivity contribution in [2.24, 2.45) is 4.99 Å². The highest BCUT2D eigenvalue weighted by molar-refractivity contribution is 14.0. The Hall–Kier alpha value is -1.02. The van der Waals surface area contributed by atoms with Gasteiger partial charge in [-0.15, -0.1) is 24.0 Å². The Labute approximate surface area is 168 Å². The van der Waals surface area contributed by atoms with Crippen LogP contribution in [0.2, 0.25) is 0 Å². The molecule has 0 amide bonds. The number of hydrogen-bond donors (Lipinski definition) is 2. The van der Waals surface area contributed by atoms with Crippen LogP contribution in [-0.4, -0.2) is 44.9 Å². The molecule has 0 aromatic heterocycles. The Kier molecular flexibility index (Phi) is 6.96. The van der Waals surface area contributed by atoms with Crippen molar-refractivity contribution in [1.29, 1.82) is 0 Å². The first kappa shape index (κ1) is 20.3. The first-order valence-electron chi connectivity index (χ1n) is 8.79. The van der Waals surface area contributed by atoms with Crippen LogP contribution in [0.4, 0.5) is 0 Å². The third-order valence-electron chi connectivity index (χ3n) is 5.20. The molecule has 2 aliphatic heterocycles. The lowest BCUT2D eigenvalue weighted by Crippen LogP contribution is -2.49. The number of ether oxygens (including phenoxy) is 2. The second-order valence-corrected chi connectivity index (χ2v) is 7.40. The number of fused-ring (bicyclic) bond motifs is 2. The van der Waals surface area contributed by atoms with Crippen LogP contribution in [0.1, 0.15) is 38.7 Å². The molecule has 2 saturated heterocycles. The number of methoxy groups -OCH3 is 1. The molecule has 2 N–H and O–H groups in total. The second kappa shape index (κ2) is 8.58. The molecule has 3 rings (SSSR count). The molecule has 2 heterocycles. The van der Waals surface area contributed by atoms with Gasteiger partial charge in [0.25, 0.3) is 0 Å². The van der Waals surface area contributed by atoms with Gasteiger partial charge in [-0.3, -0.25) is 4.99 Å². The predicted octanol–water partition coefficient (Wildman–Crippen LogP) is 3.08. The molecule has 2 fully saturated rings. The van der Waals surface area contributed by atoms with Gasteiger partial charge in [-0.2, -0.15) is 0 Å². The van der Waals surface area contributed by atoms with Gasteiger partial charge < -0.3 is 20.1 Å². The van der Waals surface area contributed by atoms with E-state index >= 15 is 0 Å². The van der Waals surface area contributed by atoms with Crippen LogP contribution in [0.5, 0.6) is 5.75 Å². The molecular weight excluding hydrogens is 429 g/mol. The normalized spacial score (nSPS) is 25.4. The fourth-order valence-corrected chi connectivity index (χ4v) is 3.61. The highest BCUT2D eigenvalue weighted by Crippen LogP contribution is 2.34. The topological polar surface area (TPSA) is 54.9 Å². The van der Waals surface area contributed by atoms with Crippen molar-refractivity contribution in [2.45, 2.75) is 56.8 Å². The quantitative estimate of drug-likeness (QED) is 0.404. The predicted molar refractivity (Wildman–Crippen MR) is 112 cm³/mol. The van der Waals surface area contributed by atoms with Crippen molar-refractivity contribution < 1.29 is 9.47 Å². The maximum atomic E-state index is 5.91. The summed E-state index contributed by atoms with van der Waals surface area (Å²) in [6.45, 7) is 5.24. The minimum absolute atomic E-state index is 0. The van der Waals surface area contributed by atoms with Crippen LogP contribution in [0.3, 0.4) is 0 Å². The Morgan fingerprint density at radius 1 is 1.36 bits per heavy atom. The monoisotopic (exact) mass is 459 g/mol. The summed E-state index contributed by atoms with van der Waals surface area (Å²) in [5.74, 6) is 1.74. The summed E-state index contributed by atoms with van der Waals surface area (Å²) in [5, 5.41) is 7.01. The summed E-state index contributed by atoms with van der Waals surface area (Å²) in [6, 6.07) is 8.64. The maximum absolute atomic E-state index is 5.91. The summed E-state index contributed by atoms with van der Waals surface area (Å²) in [7, 11) is 3.52. The van der Waals surface area contributed by atoms with Crippen molar-refractivity contribution in [1.82, 2.24) is 10.6 Å². The van der Waals surface area contributed by atoms with E-state index in [4.69, 9.17) is 9.47 Å². The molecule has 0 spiro atoms. The van der Waals surface area contributed by atoms with Gasteiger partial charge in [0.2, 0.25) is 0 Å². The third kappa shape index (κ3) is 4.78. The molecule has 0 radical (unpaired) electrons. The van der Waals surface area contributed by atoms with Crippen molar-refractivity contribution in [3.63, 3.8) is 0 Å². The lowest BCUT2D eigenvalue weighted by Gasteiger charge is -2.29. The molecule has 3 unspecified atom stereocenters. The molecule has 2 aliphatic rings. The molecule has 25 heavy (non-hydrogen) atoms. The number of hydrogen-bond acceptors (Lipinski definition) is 3. The van der Waals surface area contributed by atoms with Gasteiger partial charge >= 0.3 is 0 Å². The number of aliphatic imine (C=N–C) groups is 1. The van der Waals surface area contributed by atoms with Crippen LogP contribution in [-0.2, 0) is 10.2 Å². The highest BCUT2D eigenvalue weighted by atomic mass is 127. The van der Waals surface area contributed by atoms with Gasteiger partial charge in [0, 0.05) is 19.0 Å². The van der Waals surface area contributed by atoms with Crippen LogP contribution < -0.4 is 15.4 Å². The number of benzene rings is 1. The lowest BCUT2D eigenvalue weighted by atomic mass is 9.84. The average Bonchev–Trinajstić information content (AvgIpc) is 3.21. The number of nitrogens with zero attached hydrogens (tertiary/aromatic N) is 1. The molecule has 0 saturated carbocycles. The summed E-state index contributed by atoms with van der Waals surface area (Å²) < 4.78 is 11.3. The van der Waals surface area contributed by atoms with E-state index in [0.29, 0.717) is 18.2 Å². The summed E-state index contributed by atoms with van der Waals surface area (Å²) in [6.07, 6.45) is 4.25. The lowest BCUT2D eigenvalue weighted by molar-refractivity contribution is 0.0992. The van der Waals surface area contributed by atoms with Gasteiger partial charge in [0.05, 0.1) is 25.4 Å². The van der Waals surface area contributed by atoms with Crippen LogP contribution >= 0.6 is 24.0 Å². The maximum Gasteiger partial charge on any atom is 0.191 e. The Morgan fingerprint density at radius 3 is 2.76 bits per heavy atom. The van der Waals surface area contributed by atoms with E-state index in [9.17, 15) is 0 Å². The zero-order valence-corrected chi connectivity index (χ0v) is 17.9. The van der Waals surface area contributed by atoms with E-state index in [2.05, 4.69) is 41.6 Å². The van der Waals surface area contributed by atoms with Crippen LogP contribution in [0.25, 0.3) is 0 Å². The van der Waals surface area contributed by atoms with Gasteiger partial charge in [0.1, 0.15) is 5.75 Å². The van der Waals surface area contributed by atoms with Crippen molar-refractivity contribution >= 4 is 29.9 Å². The first-order chi connectivity index (χ1) is 11.5. The summed E-state index contributed by atoms with van der Waals surface area (Å²) in [4.78, 5) is 4.38. The zero-order valence-electron chi connectivity index (χ0n) is 15.5. The first-order valence-corrected chi connectivity index (χ1v) is 8.79. The van der Waals surface area contributed by atoms with Gasteiger partial charge in [0.15, 0.2) is 5.96 Å². The Balaban J connectivity index is 0.00000225. The number of guanidine groups is 1. The van der Waals surface area contributed by atoms with Crippen LogP contribution in [0, 0.1) is 0 Å². The molecule has 0 aliphatic carbocycles. The van der Waals surface area contributed by atoms with Gasteiger partial charge in [-0.1, -0.05) is 26.0 Å². The van der Waals surface area contributed by atoms with Crippen molar-refractivity contribution in [2.75, 3.05) is 20.7 Å². The summed E-state index contributed by atoms with van der Waals surface area (Å²) in [5.41, 5.74) is 1.21. The molecular formula is C19H30IN3O2. The molecule has 1 aromatic carbocycles. The average molecular weight is 459 g/mol. The molecule has 5 nitrogen and oxygen atoms in total. The fraction of sp³-hybridized carbons (Fsp3) is 0.632. The van der Waals surface area contributed by atoms with E-state index in [1.165, 1.54) is 12.0 Å². The van der Waals surface area contributed by atoms with E-state index in [1.807, 2.05) is 19.2 Å². The van der Waals surface area contributed by atoms with E-state index < -0.39 is 0 Å². The smallest absolute Gasteiger partial charge is 0.191 e. The summed E-state index contributed by atoms with van der Waals surface area (Å²) >= 11 is 0. The van der Waals surface area contributed by atoms with Gasteiger partial charge in [-0.25, -0.2) is 0 Å². The van der Waals surface area contributed by atoms with E-state index in [-0.39, 0.29) is 29.4 Å². The largest absolute Gasteiger partial charge is 0.497 e. The third-order valence-corrected chi connectivity index (χ3v) is 5.20. The Bertz CT molecular complexity index is 606. The molecule has 1 aromatic rings. The minimum Gasteiger partial charge on any atom is -0.497 e. The SMILES string of the molecule is CN=C(NCC(C)(C)c1cccc(OC)c1)NC1CC2CCC1O2.I. The number of rotatable bonds is 5. The van der Waals surface area contributed by atoms with Crippen molar-refractivity contribution in [3.05, 3.63) is 29.8 Å². The van der Waals surface area contributed by atoms with Crippen LogP contribution in [0.15, 0.2) is 29.3 Å². The second-order valence-electron chi connectivity index (χ2n) is 7.40. The van der Waals surface area contributed by atoms with E-state index in [0.717, 1.165) is 31.1 Å². The molecule has 140 valence electrons. The fourth-order valence-electron chi connectivity index (χ4n) is 3.61. The Morgan fingerprint density at radius 2 is 2.16 bits per heavy atom. The number of nitrogens with one attached hydrogen (secondary N) is 2.